The largest absolute Gasteiger partial charge is 0.493 e. The van der Waals surface area contributed by atoms with Crippen LogP contribution in [0.15, 0.2) is 18.2 Å². The van der Waals surface area contributed by atoms with Gasteiger partial charge in [0.2, 0.25) is 5.91 Å². The summed E-state index contributed by atoms with van der Waals surface area (Å²) in [4.78, 5) is 13.0. The molecule has 0 spiro atoms. The predicted molar refractivity (Wildman–Crippen MR) is 87.4 cm³/mol. The summed E-state index contributed by atoms with van der Waals surface area (Å²) in [6.07, 6.45) is 2.90. The Hall–Kier alpha value is -1.59. The number of anilines is 1. The zero-order valence-electron chi connectivity index (χ0n) is 13.7. The number of carbonyl (C=O) groups excluding carboxylic acids is 1. The van der Waals surface area contributed by atoms with Crippen molar-refractivity contribution < 1.29 is 14.3 Å². The van der Waals surface area contributed by atoms with Gasteiger partial charge >= 0.3 is 0 Å². The maximum Gasteiger partial charge on any atom is 0.245 e. The summed E-state index contributed by atoms with van der Waals surface area (Å²) in [6, 6.07) is 5.79. The lowest BCUT2D eigenvalue weighted by molar-refractivity contribution is -0.222. The maximum atomic E-state index is 13.0. The van der Waals surface area contributed by atoms with Gasteiger partial charge in [0.1, 0.15) is 11.3 Å². The average Bonchev–Trinajstić information content (AvgIpc) is 3.01. The van der Waals surface area contributed by atoms with Crippen molar-refractivity contribution in [2.45, 2.75) is 44.8 Å². The van der Waals surface area contributed by atoms with E-state index in [0.29, 0.717) is 6.61 Å². The van der Waals surface area contributed by atoms with E-state index in [0.717, 1.165) is 42.9 Å². The van der Waals surface area contributed by atoms with Gasteiger partial charge in [-0.15, -0.1) is 0 Å². The number of nitrogens with one attached hydrogen (secondary N) is 1. The molecule has 124 valence electrons. The van der Waals surface area contributed by atoms with E-state index in [4.69, 9.17) is 15.2 Å². The summed E-state index contributed by atoms with van der Waals surface area (Å²) >= 11 is 0. The Labute approximate surface area is 136 Å². The van der Waals surface area contributed by atoms with Crippen LogP contribution in [0.1, 0.15) is 32.3 Å². The zero-order valence-corrected chi connectivity index (χ0v) is 13.7. The Morgan fingerprint density at radius 1 is 1.35 bits per heavy atom. The van der Waals surface area contributed by atoms with Crippen LogP contribution in [0.4, 0.5) is 5.69 Å². The van der Waals surface area contributed by atoms with Crippen LogP contribution in [0.2, 0.25) is 0 Å². The van der Waals surface area contributed by atoms with E-state index in [1.807, 2.05) is 32.0 Å². The quantitative estimate of drug-likeness (QED) is 0.876. The molecule has 0 bridgehead atoms. The summed E-state index contributed by atoms with van der Waals surface area (Å²) in [6.45, 7) is 5.56. The van der Waals surface area contributed by atoms with E-state index >= 15 is 0 Å². The number of nitrogens with two attached hydrogens (primary N) is 1. The fourth-order valence-electron chi connectivity index (χ4n) is 4.54. The molecule has 1 aromatic rings. The molecule has 23 heavy (non-hydrogen) atoms. The highest BCUT2D eigenvalue weighted by Gasteiger charge is 2.70. The third-order valence-electron chi connectivity index (χ3n) is 6.01. The van der Waals surface area contributed by atoms with Crippen molar-refractivity contribution in [2.24, 2.45) is 17.1 Å². The van der Waals surface area contributed by atoms with E-state index in [1.165, 1.54) is 0 Å². The van der Waals surface area contributed by atoms with E-state index in [-0.39, 0.29) is 23.3 Å². The van der Waals surface area contributed by atoms with Gasteiger partial charge in [-0.1, -0.05) is 13.8 Å². The minimum Gasteiger partial charge on any atom is -0.493 e. The first-order valence-corrected chi connectivity index (χ1v) is 8.42. The van der Waals surface area contributed by atoms with Gasteiger partial charge in [-0.05, 0) is 36.6 Å². The minimum atomic E-state index is -0.881. The fraction of sp³-hybridized carbons (Fsp3) is 0.611. The number of carbonyl (C=O) groups is 1. The van der Waals surface area contributed by atoms with Crippen LogP contribution in [0.5, 0.6) is 5.75 Å². The molecule has 2 heterocycles. The molecule has 1 amide bonds. The van der Waals surface area contributed by atoms with Crippen LogP contribution >= 0.6 is 0 Å². The average molecular weight is 316 g/mol. The first-order valence-electron chi connectivity index (χ1n) is 8.42. The lowest BCUT2D eigenvalue weighted by Gasteiger charge is -2.65. The van der Waals surface area contributed by atoms with Gasteiger partial charge in [0, 0.05) is 30.0 Å². The molecule has 1 aromatic carbocycles. The monoisotopic (exact) mass is 316 g/mol. The molecule has 1 saturated heterocycles. The van der Waals surface area contributed by atoms with Crippen LogP contribution in [-0.4, -0.2) is 30.8 Å². The SMILES string of the molecule is CC1(C)C2OCCCC2C1(N)C(=O)Nc1ccc2c(c1)CCO2. The van der Waals surface area contributed by atoms with Crippen LogP contribution in [0.3, 0.4) is 0 Å². The topological polar surface area (TPSA) is 73.6 Å². The van der Waals surface area contributed by atoms with Gasteiger partial charge in [0.25, 0.3) is 0 Å². The molecule has 3 N–H and O–H groups in total. The van der Waals surface area contributed by atoms with Crippen molar-refractivity contribution >= 4 is 11.6 Å². The highest BCUT2D eigenvalue weighted by Crippen LogP contribution is 2.57. The molecular weight excluding hydrogens is 292 g/mol. The number of fused-ring (bicyclic) bond motifs is 2. The van der Waals surface area contributed by atoms with Crippen molar-refractivity contribution in [3.8, 4) is 5.75 Å². The van der Waals surface area contributed by atoms with E-state index < -0.39 is 5.54 Å². The third-order valence-corrected chi connectivity index (χ3v) is 6.01. The second kappa shape index (κ2) is 4.95. The normalized spacial score (nSPS) is 33.9. The Kier molecular flexibility index (Phi) is 3.22. The first kappa shape index (κ1) is 15.0. The molecule has 5 heteroatoms. The predicted octanol–water partition coefficient (Wildman–Crippen LogP) is 2.09. The van der Waals surface area contributed by atoms with E-state index in [1.54, 1.807) is 0 Å². The lowest BCUT2D eigenvalue weighted by Crippen LogP contribution is -2.81. The van der Waals surface area contributed by atoms with Gasteiger partial charge in [-0.25, -0.2) is 0 Å². The highest BCUT2D eigenvalue weighted by molar-refractivity contribution is 6.00. The van der Waals surface area contributed by atoms with Crippen LogP contribution in [0, 0.1) is 11.3 Å². The Balaban J connectivity index is 1.56. The number of amides is 1. The molecule has 2 aliphatic heterocycles. The molecule has 3 aliphatic rings. The molecule has 1 aliphatic carbocycles. The lowest BCUT2D eigenvalue weighted by atomic mass is 9.46. The summed E-state index contributed by atoms with van der Waals surface area (Å²) < 4.78 is 11.4. The second-order valence-corrected chi connectivity index (χ2v) is 7.51. The third kappa shape index (κ3) is 1.96. The van der Waals surface area contributed by atoms with Crippen LogP contribution < -0.4 is 15.8 Å². The summed E-state index contributed by atoms with van der Waals surface area (Å²) in [5.74, 6) is 0.910. The minimum absolute atomic E-state index is 0.0837. The maximum absolute atomic E-state index is 13.0. The summed E-state index contributed by atoms with van der Waals surface area (Å²) in [7, 11) is 0. The van der Waals surface area contributed by atoms with Crippen molar-refractivity contribution in [1.29, 1.82) is 0 Å². The number of hydrogen-bond acceptors (Lipinski definition) is 4. The van der Waals surface area contributed by atoms with E-state index in [2.05, 4.69) is 5.32 Å². The molecule has 5 nitrogen and oxygen atoms in total. The zero-order chi connectivity index (χ0) is 16.2. The Bertz CT molecular complexity index is 658. The molecule has 1 saturated carbocycles. The molecule has 3 unspecified atom stereocenters. The smallest absolute Gasteiger partial charge is 0.245 e. The van der Waals surface area contributed by atoms with Crippen molar-refractivity contribution in [1.82, 2.24) is 0 Å². The molecular formula is C18H24N2O3. The highest BCUT2D eigenvalue weighted by atomic mass is 16.5. The summed E-state index contributed by atoms with van der Waals surface area (Å²) in [5.41, 5.74) is 7.31. The van der Waals surface area contributed by atoms with Crippen molar-refractivity contribution in [2.75, 3.05) is 18.5 Å². The standard InChI is InChI=1S/C18H24N2O3/c1-17(2)15-13(4-3-8-23-15)18(17,19)16(21)20-12-5-6-14-11(10-12)7-9-22-14/h5-6,10,13,15H,3-4,7-9,19H2,1-2H3,(H,20,21). The van der Waals surface area contributed by atoms with Crippen LogP contribution in [0.25, 0.3) is 0 Å². The van der Waals surface area contributed by atoms with Gasteiger partial charge < -0.3 is 20.5 Å². The molecule has 2 fully saturated rings. The van der Waals surface area contributed by atoms with Gasteiger partial charge in [-0.3, -0.25) is 4.79 Å². The number of hydrogen-bond donors (Lipinski definition) is 2. The number of ether oxygens (including phenoxy) is 2. The number of benzene rings is 1. The Morgan fingerprint density at radius 3 is 3.00 bits per heavy atom. The molecule has 4 rings (SSSR count). The molecule has 0 radical (unpaired) electrons. The first-order chi connectivity index (χ1) is 10.9. The molecule has 3 atom stereocenters. The van der Waals surface area contributed by atoms with Crippen molar-refractivity contribution in [3.05, 3.63) is 23.8 Å². The van der Waals surface area contributed by atoms with Crippen molar-refractivity contribution in [3.63, 3.8) is 0 Å². The van der Waals surface area contributed by atoms with Gasteiger partial charge in [-0.2, -0.15) is 0 Å². The number of rotatable bonds is 2. The molecule has 0 aromatic heterocycles. The second-order valence-electron chi connectivity index (χ2n) is 7.51. The summed E-state index contributed by atoms with van der Waals surface area (Å²) in [5, 5.41) is 3.03. The van der Waals surface area contributed by atoms with Gasteiger partial charge in [0.05, 0.1) is 12.7 Å². The fourth-order valence-corrected chi connectivity index (χ4v) is 4.54. The van der Waals surface area contributed by atoms with Crippen LogP contribution in [-0.2, 0) is 16.0 Å². The Morgan fingerprint density at radius 2 is 2.17 bits per heavy atom. The van der Waals surface area contributed by atoms with E-state index in [9.17, 15) is 4.79 Å². The van der Waals surface area contributed by atoms with Gasteiger partial charge in [0.15, 0.2) is 0 Å².